The van der Waals surface area contributed by atoms with E-state index in [4.69, 9.17) is 12.2 Å². The molecule has 2 saturated heterocycles. The molecule has 0 radical (unpaired) electrons. The summed E-state index contributed by atoms with van der Waals surface area (Å²) in [6.45, 7) is 7.14. The molecule has 1 aromatic heterocycles. The van der Waals surface area contributed by atoms with Gasteiger partial charge in [0.1, 0.15) is 27.6 Å². The number of benzene rings is 2. The largest absolute Gasteiger partial charge is 0.368 e. The van der Waals surface area contributed by atoms with Crippen LogP contribution in [0, 0.1) is 24.1 Å². The first kappa shape index (κ1) is 28.6. The average molecular weight is 588 g/mol. The van der Waals surface area contributed by atoms with E-state index in [2.05, 4.69) is 15.9 Å². The van der Waals surface area contributed by atoms with Gasteiger partial charge in [-0.1, -0.05) is 61.2 Å². The number of hydrogen-bond acceptors (Lipinski definition) is 7. The number of halogens is 1. The lowest BCUT2D eigenvalue weighted by molar-refractivity contribution is -0.122. The summed E-state index contributed by atoms with van der Waals surface area (Å²) in [5, 5.41) is 9.93. The molecule has 0 unspecified atom stereocenters. The third-order valence-electron chi connectivity index (χ3n) is 7.40. The van der Waals surface area contributed by atoms with Crippen molar-refractivity contribution in [3.63, 3.8) is 0 Å². The van der Waals surface area contributed by atoms with Gasteiger partial charge in [-0.2, -0.15) is 5.26 Å². The van der Waals surface area contributed by atoms with Crippen LogP contribution in [0.1, 0.15) is 35.6 Å². The number of carbonyl (C=O) groups excluding carboxylic acids is 1. The highest BCUT2D eigenvalue weighted by Crippen LogP contribution is 2.37. The Morgan fingerprint density at radius 3 is 2.32 bits per heavy atom. The van der Waals surface area contributed by atoms with Gasteiger partial charge < -0.3 is 9.80 Å². The molecular formula is C31H30FN5O2S2. The van der Waals surface area contributed by atoms with Crippen LogP contribution in [0.2, 0.25) is 0 Å². The molecule has 0 spiro atoms. The quantitative estimate of drug-likeness (QED) is 0.274. The van der Waals surface area contributed by atoms with Gasteiger partial charge in [-0.15, -0.1) is 0 Å². The van der Waals surface area contributed by atoms with Crippen LogP contribution in [0.4, 0.5) is 15.9 Å². The van der Waals surface area contributed by atoms with Gasteiger partial charge in [0.2, 0.25) is 0 Å². The maximum absolute atomic E-state index is 13.5. The Morgan fingerprint density at radius 1 is 1.02 bits per heavy atom. The summed E-state index contributed by atoms with van der Waals surface area (Å²) >= 11 is 6.82. The highest BCUT2D eigenvalue weighted by molar-refractivity contribution is 8.26. The number of rotatable bonds is 7. The SMILES string of the molecule is CCCn1c(N2CCN(c3ccc(F)cc3)CC2)c(/C=C2\SC(=S)N(Cc3ccccc3)C2=O)c(C)c(C#N)c1=O. The van der Waals surface area contributed by atoms with E-state index in [-0.39, 0.29) is 22.8 Å². The molecule has 1 amide bonds. The van der Waals surface area contributed by atoms with Gasteiger partial charge in [-0.05, 0) is 54.8 Å². The second kappa shape index (κ2) is 12.3. The number of nitriles is 1. The minimum absolute atomic E-state index is 0.0816. The second-order valence-corrected chi connectivity index (χ2v) is 11.7. The molecule has 0 N–H and O–H groups in total. The molecule has 41 heavy (non-hydrogen) atoms. The molecule has 0 saturated carbocycles. The third-order valence-corrected chi connectivity index (χ3v) is 8.77. The van der Waals surface area contributed by atoms with Crippen LogP contribution in [0.5, 0.6) is 0 Å². The average Bonchev–Trinajstić information content (AvgIpc) is 3.24. The van der Waals surface area contributed by atoms with Crippen LogP contribution in [-0.4, -0.2) is 45.9 Å². The molecule has 2 aromatic carbocycles. The summed E-state index contributed by atoms with van der Waals surface area (Å²) in [6.07, 6.45) is 2.50. The number of thioether (sulfide) groups is 1. The fraction of sp³-hybridized carbons (Fsp3) is 0.290. The van der Waals surface area contributed by atoms with Crippen molar-refractivity contribution in [2.45, 2.75) is 33.4 Å². The molecule has 2 aliphatic heterocycles. The van der Waals surface area contributed by atoms with E-state index in [1.54, 1.807) is 34.6 Å². The number of pyridine rings is 1. The van der Waals surface area contributed by atoms with Crippen molar-refractivity contribution >= 4 is 51.8 Å². The Kier molecular flexibility index (Phi) is 8.57. The molecule has 0 aliphatic carbocycles. The van der Waals surface area contributed by atoms with E-state index in [0.717, 1.165) is 11.3 Å². The number of aromatic nitrogens is 1. The zero-order chi connectivity index (χ0) is 29.1. The van der Waals surface area contributed by atoms with Gasteiger partial charge in [-0.3, -0.25) is 19.1 Å². The highest BCUT2D eigenvalue weighted by Gasteiger charge is 2.33. The number of hydrogen-bond donors (Lipinski definition) is 0. The van der Waals surface area contributed by atoms with E-state index in [1.807, 2.05) is 37.3 Å². The van der Waals surface area contributed by atoms with E-state index in [0.29, 0.717) is 71.9 Å². The molecule has 10 heteroatoms. The minimum atomic E-state index is -0.323. The zero-order valence-corrected chi connectivity index (χ0v) is 24.6. The zero-order valence-electron chi connectivity index (χ0n) is 23.0. The van der Waals surface area contributed by atoms with E-state index < -0.39 is 0 Å². The molecule has 3 aromatic rings. The summed E-state index contributed by atoms with van der Waals surface area (Å²) in [5.74, 6) is 0.241. The van der Waals surface area contributed by atoms with Crippen LogP contribution in [0.15, 0.2) is 64.3 Å². The van der Waals surface area contributed by atoms with Crippen molar-refractivity contribution in [1.82, 2.24) is 9.47 Å². The van der Waals surface area contributed by atoms with Crippen LogP contribution in [-0.2, 0) is 17.9 Å². The van der Waals surface area contributed by atoms with Crippen molar-refractivity contribution in [3.8, 4) is 6.07 Å². The lowest BCUT2D eigenvalue weighted by Gasteiger charge is -2.39. The molecule has 0 atom stereocenters. The van der Waals surface area contributed by atoms with Crippen molar-refractivity contribution in [2.24, 2.45) is 0 Å². The number of piperazine rings is 1. The van der Waals surface area contributed by atoms with E-state index >= 15 is 0 Å². The Bertz CT molecular complexity index is 1600. The van der Waals surface area contributed by atoms with Crippen molar-refractivity contribution in [2.75, 3.05) is 36.0 Å². The maximum Gasteiger partial charge on any atom is 0.270 e. The minimum Gasteiger partial charge on any atom is -0.368 e. The van der Waals surface area contributed by atoms with Crippen LogP contribution in [0.25, 0.3) is 6.08 Å². The van der Waals surface area contributed by atoms with Crippen LogP contribution < -0.4 is 15.4 Å². The Balaban J connectivity index is 1.53. The molecule has 7 nitrogen and oxygen atoms in total. The molecule has 210 valence electrons. The first-order chi connectivity index (χ1) is 19.8. The van der Waals surface area contributed by atoms with Gasteiger partial charge >= 0.3 is 0 Å². The summed E-state index contributed by atoms with van der Waals surface area (Å²) < 4.78 is 15.6. The number of carbonyl (C=O) groups is 1. The van der Waals surface area contributed by atoms with Gasteiger partial charge in [0, 0.05) is 44.0 Å². The lowest BCUT2D eigenvalue weighted by Crippen LogP contribution is -2.48. The van der Waals surface area contributed by atoms with Gasteiger partial charge in [-0.25, -0.2) is 4.39 Å². The first-order valence-electron chi connectivity index (χ1n) is 13.5. The van der Waals surface area contributed by atoms with E-state index in [9.17, 15) is 19.2 Å². The smallest absolute Gasteiger partial charge is 0.270 e. The molecule has 5 rings (SSSR count). The number of nitrogens with zero attached hydrogens (tertiary/aromatic N) is 5. The van der Waals surface area contributed by atoms with Crippen molar-refractivity contribution < 1.29 is 9.18 Å². The van der Waals surface area contributed by atoms with E-state index in [1.165, 1.54) is 23.9 Å². The van der Waals surface area contributed by atoms with Crippen LogP contribution in [0.3, 0.4) is 0 Å². The predicted octanol–water partition coefficient (Wildman–Crippen LogP) is 5.31. The predicted molar refractivity (Wildman–Crippen MR) is 166 cm³/mol. The summed E-state index contributed by atoms with van der Waals surface area (Å²) in [4.78, 5) is 33.4. The Morgan fingerprint density at radius 2 is 1.68 bits per heavy atom. The molecular weight excluding hydrogens is 558 g/mol. The van der Waals surface area contributed by atoms with Gasteiger partial charge in [0.05, 0.1) is 11.4 Å². The third kappa shape index (κ3) is 5.78. The van der Waals surface area contributed by atoms with Crippen LogP contribution >= 0.6 is 24.0 Å². The number of anilines is 2. The summed E-state index contributed by atoms with van der Waals surface area (Å²) in [7, 11) is 0. The normalized spacial score (nSPS) is 16.5. The van der Waals surface area contributed by atoms with Crippen molar-refractivity contribution in [1.29, 1.82) is 5.26 Å². The standard InChI is InChI=1S/C31H30FN5O2S2/c1-3-13-36-28(35-16-14-34(15-17-35)24-11-9-23(32)10-12-24)25(21(2)26(19-33)29(36)38)18-27-30(39)37(31(40)41-27)20-22-7-5-4-6-8-22/h4-12,18H,3,13-17,20H2,1-2H3/b27-18-. The first-order valence-corrected chi connectivity index (χ1v) is 14.8. The number of thiocarbonyl (C=S) groups is 1. The fourth-order valence-corrected chi connectivity index (χ4v) is 6.51. The van der Waals surface area contributed by atoms with Gasteiger partial charge in [0.15, 0.2) is 0 Å². The fourth-order valence-electron chi connectivity index (χ4n) is 5.28. The molecule has 2 aliphatic rings. The molecule has 3 heterocycles. The number of amides is 1. The monoisotopic (exact) mass is 587 g/mol. The molecule has 0 bridgehead atoms. The summed E-state index contributed by atoms with van der Waals surface area (Å²) in [6, 6.07) is 18.2. The Labute approximate surface area is 248 Å². The topological polar surface area (TPSA) is 72.6 Å². The van der Waals surface area contributed by atoms with Gasteiger partial charge in [0.25, 0.3) is 11.5 Å². The maximum atomic E-state index is 13.5. The highest BCUT2D eigenvalue weighted by atomic mass is 32.2. The molecule has 2 fully saturated rings. The Hall–Kier alpha value is -3.94. The summed E-state index contributed by atoms with van der Waals surface area (Å²) in [5.41, 5.74) is 2.91. The second-order valence-electron chi connectivity index (χ2n) is 10.0. The lowest BCUT2D eigenvalue weighted by atomic mass is 10.0. The van der Waals surface area contributed by atoms with Crippen molar-refractivity contribution in [3.05, 3.63) is 97.9 Å².